The van der Waals surface area contributed by atoms with Crippen molar-refractivity contribution in [2.75, 3.05) is 13.1 Å². The highest BCUT2D eigenvalue weighted by atomic mass is 16.4. The number of aliphatic carboxylic acids is 1. The van der Waals surface area contributed by atoms with Crippen LogP contribution in [0, 0.1) is 5.92 Å². The second kappa shape index (κ2) is 9.03. The topological polar surface area (TPSA) is 69.6 Å². The molecule has 0 aliphatic carbocycles. The van der Waals surface area contributed by atoms with Crippen LogP contribution in [0.2, 0.25) is 0 Å². The highest BCUT2D eigenvalue weighted by Crippen LogP contribution is 2.22. The molecule has 0 bridgehead atoms. The third-order valence-corrected chi connectivity index (χ3v) is 4.36. The molecule has 21 heavy (non-hydrogen) atoms. The molecule has 1 rings (SSSR count). The first-order valence-electron chi connectivity index (χ1n) is 8.20. The summed E-state index contributed by atoms with van der Waals surface area (Å²) in [4.78, 5) is 25.1. The van der Waals surface area contributed by atoms with Crippen molar-refractivity contribution < 1.29 is 14.7 Å². The van der Waals surface area contributed by atoms with Crippen molar-refractivity contribution in [1.82, 2.24) is 10.2 Å². The van der Waals surface area contributed by atoms with Gasteiger partial charge in [-0.1, -0.05) is 26.2 Å². The number of piperidine rings is 1. The third-order valence-electron chi connectivity index (χ3n) is 4.36. The molecule has 0 aromatic carbocycles. The number of unbranched alkanes of at least 4 members (excludes halogenated alkanes) is 2. The molecule has 0 radical (unpaired) electrons. The summed E-state index contributed by atoms with van der Waals surface area (Å²) in [6.45, 7) is 7.30. The molecule has 1 aliphatic rings. The van der Waals surface area contributed by atoms with Crippen molar-refractivity contribution in [3.05, 3.63) is 0 Å². The minimum Gasteiger partial charge on any atom is -0.481 e. The molecular formula is C16H30N2O3. The molecule has 0 aromatic heterocycles. The number of hydrogen-bond acceptors (Lipinski definition) is 3. The summed E-state index contributed by atoms with van der Waals surface area (Å²) in [6.07, 6.45) is 5.85. The Hall–Kier alpha value is -1.10. The lowest BCUT2D eigenvalue weighted by Crippen LogP contribution is -2.48. The number of carboxylic acid groups (broad SMARTS) is 1. The maximum atomic E-state index is 12.0. The SMILES string of the molecule is CCCCCC(C)NC(=O)CN1CCC(C(=O)O)CC1C. The Balaban J connectivity index is 2.30. The second-order valence-electron chi connectivity index (χ2n) is 6.34. The van der Waals surface area contributed by atoms with E-state index in [2.05, 4.69) is 17.1 Å². The number of amides is 1. The highest BCUT2D eigenvalue weighted by Gasteiger charge is 2.30. The molecule has 3 unspecified atom stereocenters. The number of carbonyl (C=O) groups excluding carboxylic acids is 1. The van der Waals surface area contributed by atoms with Crippen LogP contribution in [-0.2, 0) is 9.59 Å². The largest absolute Gasteiger partial charge is 0.481 e. The average molecular weight is 298 g/mol. The summed E-state index contributed by atoms with van der Waals surface area (Å²) in [5.74, 6) is -0.914. The molecule has 3 atom stereocenters. The monoisotopic (exact) mass is 298 g/mol. The van der Waals surface area contributed by atoms with E-state index in [1.165, 1.54) is 12.8 Å². The molecule has 1 amide bonds. The molecule has 1 aliphatic heterocycles. The standard InChI is InChI=1S/C16H30N2O3/c1-4-5-6-7-12(2)17-15(19)11-18-9-8-14(16(20)21)10-13(18)3/h12-14H,4-11H2,1-3H3,(H,17,19)(H,20,21). The molecule has 1 fully saturated rings. The van der Waals surface area contributed by atoms with Crippen LogP contribution >= 0.6 is 0 Å². The number of nitrogens with zero attached hydrogens (tertiary/aromatic N) is 1. The van der Waals surface area contributed by atoms with Crippen molar-refractivity contribution in [2.24, 2.45) is 5.92 Å². The lowest BCUT2D eigenvalue weighted by Gasteiger charge is -2.35. The van der Waals surface area contributed by atoms with Crippen molar-refractivity contribution >= 4 is 11.9 Å². The van der Waals surface area contributed by atoms with E-state index in [4.69, 9.17) is 5.11 Å². The van der Waals surface area contributed by atoms with Crippen LogP contribution in [0.5, 0.6) is 0 Å². The fourth-order valence-electron chi connectivity index (χ4n) is 2.96. The second-order valence-corrected chi connectivity index (χ2v) is 6.34. The van der Waals surface area contributed by atoms with Crippen LogP contribution < -0.4 is 5.32 Å². The van der Waals surface area contributed by atoms with Crippen LogP contribution in [-0.4, -0.2) is 47.1 Å². The van der Waals surface area contributed by atoms with E-state index in [0.29, 0.717) is 25.9 Å². The summed E-state index contributed by atoms with van der Waals surface area (Å²) in [5.41, 5.74) is 0. The molecule has 1 saturated heterocycles. The maximum Gasteiger partial charge on any atom is 0.306 e. The first-order chi connectivity index (χ1) is 9.93. The van der Waals surface area contributed by atoms with Crippen LogP contribution in [0.15, 0.2) is 0 Å². The van der Waals surface area contributed by atoms with E-state index >= 15 is 0 Å². The van der Waals surface area contributed by atoms with Crippen LogP contribution in [0.25, 0.3) is 0 Å². The zero-order chi connectivity index (χ0) is 15.8. The van der Waals surface area contributed by atoms with Gasteiger partial charge in [0.2, 0.25) is 5.91 Å². The Labute approximate surface area is 128 Å². The van der Waals surface area contributed by atoms with E-state index in [-0.39, 0.29) is 23.9 Å². The highest BCUT2D eigenvalue weighted by molar-refractivity contribution is 5.78. The van der Waals surface area contributed by atoms with E-state index in [1.807, 2.05) is 13.8 Å². The molecule has 5 heteroatoms. The zero-order valence-corrected chi connectivity index (χ0v) is 13.6. The molecule has 122 valence electrons. The van der Waals surface area contributed by atoms with Crippen molar-refractivity contribution in [3.63, 3.8) is 0 Å². The van der Waals surface area contributed by atoms with Crippen molar-refractivity contribution in [1.29, 1.82) is 0 Å². The van der Waals surface area contributed by atoms with E-state index < -0.39 is 5.97 Å². The number of hydrogen-bond donors (Lipinski definition) is 2. The summed E-state index contributed by atoms with van der Waals surface area (Å²) in [7, 11) is 0. The average Bonchev–Trinajstić information content (AvgIpc) is 2.41. The van der Waals surface area contributed by atoms with Crippen LogP contribution in [0.4, 0.5) is 0 Å². The normalized spacial score (nSPS) is 24.5. The third kappa shape index (κ3) is 6.46. The van der Waals surface area contributed by atoms with E-state index in [0.717, 1.165) is 12.8 Å². The number of nitrogens with one attached hydrogen (secondary N) is 1. The Morgan fingerprint density at radius 1 is 1.38 bits per heavy atom. The summed E-state index contributed by atoms with van der Waals surface area (Å²) < 4.78 is 0. The number of rotatable bonds is 8. The molecule has 1 heterocycles. The van der Waals surface area contributed by atoms with Gasteiger partial charge in [0.25, 0.3) is 0 Å². The first kappa shape index (κ1) is 18.0. The smallest absolute Gasteiger partial charge is 0.306 e. The first-order valence-corrected chi connectivity index (χ1v) is 8.20. The van der Waals surface area contributed by atoms with Gasteiger partial charge >= 0.3 is 5.97 Å². The van der Waals surface area contributed by atoms with Crippen LogP contribution in [0.1, 0.15) is 59.3 Å². The van der Waals surface area contributed by atoms with Crippen molar-refractivity contribution in [2.45, 2.75) is 71.4 Å². The lowest BCUT2D eigenvalue weighted by atomic mass is 9.92. The fourth-order valence-corrected chi connectivity index (χ4v) is 2.96. The number of carbonyl (C=O) groups is 2. The zero-order valence-electron chi connectivity index (χ0n) is 13.6. The Morgan fingerprint density at radius 3 is 2.67 bits per heavy atom. The van der Waals surface area contributed by atoms with Gasteiger partial charge < -0.3 is 10.4 Å². The minimum atomic E-state index is -0.713. The molecule has 5 nitrogen and oxygen atoms in total. The Bertz CT molecular complexity index is 346. The van der Waals surface area contributed by atoms with E-state index in [9.17, 15) is 9.59 Å². The number of carboxylic acids is 1. The van der Waals surface area contributed by atoms with Gasteiger partial charge in [0.05, 0.1) is 12.5 Å². The minimum absolute atomic E-state index is 0.0552. The molecule has 0 saturated carbocycles. The summed E-state index contributed by atoms with van der Waals surface area (Å²) in [6, 6.07) is 0.372. The van der Waals surface area contributed by atoms with Gasteiger partial charge in [0, 0.05) is 12.1 Å². The van der Waals surface area contributed by atoms with Gasteiger partial charge in [-0.15, -0.1) is 0 Å². The quantitative estimate of drug-likeness (QED) is 0.674. The Kier molecular flexibility index (Phi) is 7.72. The van der Waals surface area contributed by atoms with Gasteiger partial charge in [-0.3, -0.25) is 14.5 Å². The molecule has 2 N–H and O–H groups in total. The van der Waals surface area contributed by atoms with Gasteiger partial charge in [-0.25, -0.2) is 0 Å². The van der Waals surface area contributed by atoms with Crippen LogP contribution in [0.3, 0.4) is 0 Å². The lowest BCUT2D eigenvalue weighted by molar-refractivity contribution is -0.144. The fraction of sp³-hybridized carbons (Fsp3) is 0.875. The van der Waals surface area contributed by atoms with Gasteiger partial charge in [-0.2, -0.15) is 0 Å². The predicted octanol–water partition coefficient (Wildman–Crippen LogP) is 2.26. The summed E-state index contributed by atoms with van der Waals surface area (Å²) in [5, 5.41) is 12.1. The molecular weight excluding hydrogens is 268 g/mol. The van der Waals surface area contributed by atoms with E-state index in [1.54, 1.807) is 0 Å². The van der Waals surface area contributed by atoms with Gasteiger partial charge in [0.15, 0.2) is 0 Å². The predicted molar refractivity (Wildman–Crippen MR) is 83.1 cm³/mol. The van der Waals surface area contributed by atoms with Gasteiger partial charge in [0.1, 0.15) is 0 Å². The van der Waals surface area contributed by atoms with Crippen molar-refractivity contribution in [3.8, 4) is 0 Å². The summed E-state index contributed by atoms with van der Waals surface area (Å²) >= 11 is 0. The molecule has 0 spiro atoms. The van der Waals surface area contributed by atoms with Gasteiger partial charge in [-0.05, 0) is 39.7 Å². The number of likely N-dealkylation sites (tertiary alicyclic amines) is 1. The Morgan fingerprint density at radius 2 is 2.10 bits per heavy atom. The molecule has 0 aromatic rings. The maximum absolute atomic E-state index is 12.0.